The van der Waals surface area contributed by atoms with Crippen molar-refractivity contribution in [1.29, 1.82) is 0 Å². The Kier molecular flexibility index (Phi) is 7.79. The van der Waals surface area contributed by atoms with E-state index in [1.54, 1.807) is 25.7 Å². The van der Waals surface area contributed by atoms with E-state index in [0.717, 1.165) is 6.42 Å². The first-order valence-electron chi connectivity index (χ1n) is 8.57. The lowest BCUT2D eigenvalue weighted by Gasteiger charge is -2.36. The second kappa shape index (κ2) is 9.12. The van der Waals surface area contributed by atoms with Crippen LogP contribution in [0.15, 0.2) is 0 Å². The highest BCUT2D eigenvalue weighted by molar-refractivity contribution is 7.80. The van der Waals surface area contributed by atoms with E-state index in [0.29, 0.717) is 25.6 Å². The van der Waals surface area contributed by atoms with Crippen LogP contribution in [0.1, 0.15) is 47.5 Å². The summed E-state index contributed by atoms with van der Waals surface area (Å²) in [6.07, 6.45) is 0.668. The van der Waals surface area contributed by atoms with E-state index >= 15 is 0 Å². The molecule has 25 heavy (non-hydrogen) atoms. The molecular weight excluding hydrogens is 342 g/mol. The molecular formula is C17H29N3O4S. The van der Waals surface area contributed by atoms with E-state index < -0.39 is 17.4 Å². The van der Waals surface area contributed by atoms with Gasteiger partial charge in [0.15, 0.2) is 5.11 Å². The monoisotopic (exact) mass is 371 g/mol. The van der Waals surface area contributed by atoms with Gasteiger partial charge in [-0.15, -0.1) is 0 Å². The molecule has 142 valence electrons. The summed E-state index contributed by atoms with van der Waals surface area (Å²) in [6.45, 7) is 10.6. The van der Waals surface area contributed by atoms with Crippen molar-refractivity contribution in [2.24, 2.45) is 11.3 Å². The van der Waals surface area contributed by atoms with Gasteiger partial charge in [-0.2, -0.15) is 0 Å². The van der Waals surface area contributed by atoms with Gasteiger partial charge in [-0.3, -0.25) is 14.4 Å². The minimum Gasteiger partial charge on any atom is -0.466 e. The third-order valence-corrected chi connectivity index (χ3v) is 4.15. The fraction of sp³-hybridized carbons (Fsp3) is 0.765. The molecule has 1 rings (SSSR count). The molecule has 0 saturated carbocycles. The fourth-order valence-electron chi connectivity index (χ4n) is 2.14. The van der Waals surface area contributed by atoms with Crippen molar-refractivity contribution in [3.8, 4) is 0 Å². The summed E-state index contributed by atoms with van der Waals surface area (Å²) in [6, 6.07) is -0.770. The zero-order valence-corrected chi connectivity index (χ0v) is 16.5. The van der Waals surface area contributed by atoms with Gasteiger partial charge in [0.25, 0.3) is 0 Å². The van der Waals surface area contributed by atoms with Gasteiger partial charge in [-0.1, -0.05) is 34.6 Å². The first kappa shape index (κ1) is 21.3. The van der Waals surface area contributed by atoms with E-state index in [4.69, 9.17) is 17.0 Å². The molecule has 0 radical (unpaired) electrons. The molecule has 0 aliphatic carbocycles. The Bertz CT molecular complexity index is 528. The third-order valence-electron chi connectivity index (χ3n) is 3.81. The van der Waals surface area contributed by atoms with Crippen LogP contribution in [-0.4, -0.2) is 53.5 Å². The minimum absolute atomic E-state index is 0.102. The number of hydrogen-bond donors (Lipinski definition) is 2. The standard InChI is InChI=1S/C17H29N3O4S/c1-11(2)6-9-24-13(21)10-12-14(22)18-7-8-20(12)16(25)19-15(23)17(3,4)5/h11-12H,6-10H2,1-5H3,(H,18,22)(H,19,23,25). The highest BCUT2D eigenvalue weighted by atomic mass is 32.1. The highest BCUT2D eigenvalue weighted by Crippen LogP contribution is 2.15. The van der Waals surface area contributed by atoms with Crippen LogP contribution in [0.2, 0.25) is 0 Å². The van der Waals surface area contributed by atoms with Crippen molar-refractivity contribution in [1.82, 2.24) is 15.5 Å². The number of nitrogens with zero attached hydrogens (tertiary/aromatic N) is 1. The Morgan fingerprint density at radius 2 is 2.04 bits per heavy atom. The lowest BCUT2D eigenvalue weighted by atomic mass is 9.96. The molecule has 2 N–H and O–H groups in total. The quantitative estimate of drug-likeness (QED) is 0.558. The zero-order chi connectivity index (χ0) is 19.2. The summed E-state index contributed by atoms with van der Waals surface area (Å²) in [5, 5.41) is 5.54. The van der Waals surface area contributed by atoms with Crippen molar-refractivity contribution in [3.63, 3.8) is 0 Å². The fourth-order valence-corrected chi connectivity index (χ4v) is 2.45. The predicted molar refractivity (Wildman–Crippen MR) is 98.7 cm³/mol. The second-order valence-corrected chi connectivity index (χ2v) is 8.00. The lowest BCUT2D eigenvalue weighted by molar-refractivity contribution is -0.147. The lowest BCUT2D eigenvalue weighted by Crippen LogP contribution is -2.61. The first-order chi connectivity index (χ1) is 11.5. The molecule has 1 heterocycles. The number of piperazine rings is 1. The number of amides is 2. The summed E-state index contributed by atoms with van der Waals surface area (Å²) in [7, 11) is 0. The number of nitrogens with one attached hydrogen (secondary N) is 2. The Balaban J connectivity index is 2.69. The number of carbonyl (C=O) groups excluding carboxylic acids is 3. The van der Waals surface area contributed by atoms with Crippen molar-refractivity contribution >= 4 is 35.1 Å². The van der Waals surface area contributed by atoms with Gasteiger partial charge in [-0.05, 0) is 24.6 Å². The molecule has 0 aromatic heterocycles. The van der Waals surface area contributed by atoms with Crippen molar-refractivity contribution in [2.45, 2.75) is 53.5 Å². The maximum absolute atomic E-state index is 12.2. The maximum atomic E-state index is 12.2. The molecule has 1 unspecified atom stereocenters. The molecule has 1 aliphatic rings. The summed E-state index contributed by atoms with van der Waals surface area (Å²) in [5.41, 5.74) is -0.604. The van der Waals surface area contributed by atoms with Crippen LogP contribution in [0.5, 0.6) is 0 Å². The van der Waals surface area contributed by atoms with Crippen molar-refractivity contribution in [3.05, 3.63) is 0 Å². The molecule has 1 saturated heterocycles. The molecule has 0 aromatic rings. The number of ether oxygens (including phenoxy) is 1. The average Bonchev–Trinajstić information content (AvgIpc) is 2.47. The third kappa shape index (κ3) is 6.97. The minimum atomic E-state index is -0.770. The van der Waals surface area contributed by atoms with Gasteiger partial charge in [-0.25, -0.2) is 0 Å². The smallest absolute Gasteiger partial charge is 0.308 e. The van der Waals surface area contributed by atoms with Gasteiger partial charge in [0, 0.05) is 18.5 Å². The zero-order valence-electron chi connectivity index (χ0n) is 15.7. The normalized spacial score (nSPS) is 17.9. The van der Waals surface area contributed by atoms with E-state index in [1.165, 1.54) is 0 Å². The second-order valence-electron chi connectivity index (χ2n) is 7.62. The van der Waals surface area contributed by atoms with Crippen LogP contribution in [0, 0.1) is 11.3 Å². The van der Waals surface area contributed by atoms with Gasteiger partial charge < -0.3 is 20.3 Å². The summed E-state index contributed by atoms with van der Waals surface area (Å²) >= 11 is 5.29. The van der Waals surface area contributed by atoms with Gasteiger partial charge in [0.05, 0.1) is 13.0 Å². The highest BCUT2D eigenvalue weighted by Gasteiger charge is 2.35. The molecule has 0 spiro atoms. The molecule has 1 aliphatic heterocycles. The first-order valence-corrected chi connectivity index (χ1v) is 8.98. The number of rotatable bonds is 5. The molecule has 1 atom stereocenters. The average molecular weight is 372 g/mol. The van der Waals surface area contributed by atoms with E-state index in [9.17, 15) is 14.4 Å². The largest absolute Gasteiger partial charge is 0.466 e. The molecule has 0 bridgehead atoms. The van der Waals surface area contributed by atoms with Crippen LogP contribution in [0.25, 0.3) is 0 Å². The summed E-state index contributed by atoms with van der Waals surface area (Å²) in [4.78, 5) is 37.9. The van der Waals surface area contributed by atoms with Crippen molar-refractivity contribution < 1.29 is 19.1 Å². The van der Waals surface area contributed by atoms with Crippen LogP contribution >= 0.6 is 12.2 Å². The van der Waals surface area contributed by atoms with Crippen LogP contribution in [0.3, 0.4) is 0 Å². The van der Waals surface area contributed by atoms with Crippen LogP contribution in [0.4, 0.5) is 0 Å². The van der Waals surface area contributed by atoms with Crippen molar-refractivity contribution in [2.75, 3.05) is 19.7 Å². The van der Waals surface area contributed by atoms with Gasteiger partial charge in [0.1, 0.15) is 6.04 Å². The van der Waals surface area contributed by atoms with Gasteiger partial charge in [0.2, 0.25) is 11.8 Å². The molecule has 7 nitrogen and oxygen atoms in total. The number of esters is 1. The van der Waals surface area contributed by atoms with Gasteiger partial charge >= 0.3 is 5.97 Å². The van der Waals surface area contributed by atoms with E-state index in [1.807, 2.05) is 13.8 Å². The predicted octanol–water partition coefficient (Wildman–Crippen LogP) is 1.21. The molecule has 0 aromatic carbocycles. The Hall–Kier alpha value is -1.70. The number of hydrogen-bond acceptors (Lipinski definition) is 5. The molecule has 1 fully saturated rings. The number of thiocarbonyl (C=S) groups is 1. The Morgan fingerprint density at radius 3 is 2.60 bits per heavy atom. The topological polar surface area (TPSA) is 87.7 Å². The van der Waals surface area contributed by atoms with E-state index in [-0.39, 0.29) is 23.3 Å². The van der Waals surface area contributed by atoms with E-state index in [2.05, 4.69) is 10.6 Å². The Labute approximate surface area is 154 Å². The SMILES string of the molecule is CC(C)CCOC(=O)CC1C(=O)NCCN1C(=S)NC(=O)C(C)(C)C. The summed E-state index contributed by atoms with van der Waals surface area (Å²) in [5.74, 6) is -0.540. The van der Waals surface area contributed by atoms with Crippen LogP contribution < -0.4 is 10.6 Å². The van der Waals surface area contributed by atoms with Crippen LogP contribution in [-0.2, 0) is 19.1 Å². The summed E-state index contributed by atoms with van der Waals surface area (Å²) < 4.78 is 5.19. The Morgan fingerprint density at radius 1 is 1.40 bits per heavy atom. The maximum Gasteiger partial charge on any atom is 0.308 e. The molecule has 2 amide bonds. The number of carbonyl (C=O) groups is 3. The molecule has 8 heteroatoms.